The molecule has 0 aliphatic heterocycles. The highest BCUT2D eigenvalue weighted by atomic mass is 32.1. The van der Waals surface area contributed by atoms with Gasteiger partial charge >= 0.3 is 5.63 Å². The zero-order valence-corrected chi connectivity index (χ0v) is 14.4. The van der Waals surface area contributed by atoms with Crippen molar-refractivity contribution in [2.45, 2.75) is 25.7 Å². The molecule has 1 aromatic carbocycles. The third kappa shape index (κ3) is 3.02. The zero-order chi connectivity index (χ0) is 17.4. The molecule has 1 aliphatic rings. The number of thiazole rings is 1. The number of hydrogen-bond donors (Lipinski definition) is 1. The fraction of sp³-hybridized carbons (Fsp3) is 0.278. The Balaban J connectivity index is 1.64. The second-order valence-electron chi connectivity index (χ2n) is 5.90. The fourth-order valence-corrected chi connectivity index (χ4v) is 3.99. The van der Waals surface area contributed by atoms with Gasteiger partial charge in [0.05, 0.1) is 12.8 Å². The molecule has 1 N–H and O–H groups in total. The summed E-state index contributed by atoms with van der Waals surface area (Å²) in [7, 11) is 1.54. The molecule has 0 radical (unpaired) electrons. The molecule has 0 spiro atoms. The predicted molar refractivity (Wildman–Crippen MR) is 95.7 cm³/mol. The number of methoxy groups -OCH3 is 1. The lowest BCUT2D eigenvalue weighted by Gasteiger charge is -2.06. The molecule has 4 rings (SSSR count). The van der Waals surface area contributed by atoms with Crippen molar-refractivity contribution in [2.24, 2.45) is 0 Å². The van der Waals surface area contributed by atoms with Crippen LogP contribution in [0.1, 0.15) is 33.8 Å². The predicted octanol–water partition coefficient (Wildman–Crippen LogP) is 3.39. The Kier molecular flexibility index (Phi) is 4.01. The van der Waals surface area contributed by atoms with Crippen LogP contribution < -0.4 is 15.7 Å². The van der Waals surface area contributed by atoms with Crippen molar-refractivity contribution < 1.29 is 13.9 Å². The Hall–Kier alpha value is -2.67. The van der Waals surface area contributed by atoms with E-state index >= 15 is 0 Å². The van der Waals surface area contributed by atoms with E-state index in [0.29, 0.717) is 21.9 Å². The summed E-state index contributed by atoms with van der Waals surface area (Å²) in [6.45, 7) is 0. The smallest absolute Gasteiger partial charge is 0.349 e. The molecule has 2 aromatic heterocycles. The molecule has 0 fully saturated rings. The minimum absolute atomic E-state index is 0.0363. The first-order valence-electron chi connectivity index (χ1n) is 8.06. The lowest BCUT2D eigenvalue weighted by atomic mass is 10.0. The summed E-state index contributed by atoms with van der Waals surface area (Å²) >= 11 is 1.48. The summed E-state index contributed by atoms with van der Waals surface area (Å²) in [4.78, 5) is 30.3. The number of carbonyl (C=O) groups excluding carboxylic acids is 1. The number of ether oxygens (including phenoxy) is 1. The van der Waals surface area contributed by atoms with Crippen LogP contribution >= 0.6 is 11.3 Å². The number of benzene rings is 1. The van der Waals surface area contributed by atoms with Crippen LogP contribution in [0.15, 0.2) is 33.5 Å². The number of aryl methyl sites for hydroxylation is 2. The number of carbonyl (C=O) groups is 1. The van der Waals surface area contributed by atoms with E-state index in [1.54, 1.807) is 18.2 Å². The summed E-state index contributed by atoms with van der Waals surface area (Å²) < 4.78 is 10.4. The van der Waals surface area contributed by atoms with E-state index in [-0.39, 0.29) is 5.56 Å². The first-order chi connectivity index (χ1) is 12.1. The Bertz CT molecular complexity index is 998. The molecule has 128 valence electrons. The van der Waals surface area contributed by atoms with Gasteiger partial charge < -0.3 is 9.15 Å². The van der Waals surface area contributed by atoms with Crippen LogP contribution in [-0.2, 0) is 12.8 Å². The number of nitrogens with zero attached hydrogens (tertiary/aromatic N) is 1. The number of fused-ring (bicyclic) bond motifs is 2. The fourth-order valence-electron chi connectivity index (χ4n) is 2.95. The molecule has 3 aromatic rings. The van der Waals surface area contributed by atoms with Gasteiger partial charge in [-0.2, -0.15) is 0 Å². The third-order valence-corrected chi connectivity index (χ3v) is 5.33. The monoisotopic (exact) mass is 356 g/mol. The SMILES string of the molecule is COc1ccc2cc(C(=O)Nc3nc4c(s3)CCCC4)c(=O)oc2c1. The minimum Gasteiger partial charge on any atom is -0.497 e. The maximum atomic E-state index is 12.5. The molecule has 0 bridgehead atoms. The number of amides is 1. The quantitative estimate of drug-likeness (QED) is 0.728. The van der Waals surface area contributed by atoms with Crippen molar-refractivity contribution >= 4 is 33.3 Å². The van der Waals surface area contributed by atoms with E-state index in [1.165, 1.54) is 29.4 Å². The van der Waals surface area contributed by atoms with Gasteiger partial charge in [0.2, 0.25) is 0 Å². The van der Waals surface area contributed by atoms with E-state index in [9.17, 15) is 9.59 Å². The van der Waals surface area contributed by atoms with Gasteiger partial charge in [0.1, 0.15) is 16.9 Å². The maximum absolute atomic E-state index is 12.5. The molecule has 6 nitrogen and oxygen atoms in total. The first kappa shape index (κ1) is 15.8. The summed E-state index contributed by atoms with van der Waals surface area (Å²) in [5, 5.41) is 3.92. The van der Waals surface area contributed by atoms with Crippen LogP contribution in [0.4, 0.5) is 5.13 Å². The van der Waals surface area contributed by atoms with Crippen molar-refractivity contribution in [3.05, 3.63) is 50.8 Å². The molecule has 0 atom stereocenters. The molecule has 0 saturated carbocycles. The molecule has 2 heterocycles. The molecular formula is C18H16N2O4S. The highest BCUT2D eigenvalue weighted by Crippen LogP contribution is 2.29. The molecule has 1 aliphatic carbocycles. The largest absolute Gasteiger partial charge is 0.497 e. The third-order valence-electron chi connectivity index (χ3n) is 4.25. The van der Waals surface area contributed by atoms with Gasteiger partial charge in [0.25, 0.3) is 5.91 Å². The zero-order valence-electron chi connectivity index (χ0n) is 13.6. The van der Waals surface area contributed by atoms with Crippen LogP contribution in [0.3, 0.4) is 0 Å². The van der Waals surface area contributed by atoms with Crippen LogP contribution in [0.2, 0.25) is 0 Å². The Morgan fingerprint density at radius 2 is 2.12 bits per heavy atom. The van der Waals surface area contributed by atoms with Crippen molar-refractivity contribution in [3.63, 3.8) is 0 Å². The summed E-state index contributed by atoms with van der Waals surface area (Å²) in [5.74, 6) is 0.0822. The molecule has 25 heavy (non-hydrogen) atoms. The van der Waals surface area contributed by atoms with Gasteiger partial charge in [0, 0.05) is 16.3 Å². The molecule has 0 saturated heterocycles. The minimum atomic E-state index is -0.681. The number of aromatic nitrogens is 1. The number of anilines is 1. The Morgan fingerprint density at radius 1 is 1.28 bits per heavy atom. The van der Waals surface area contributed by atoms with Crippen molar-refractivity contribution in [3.8, 4) is 5.75 Å². The average Bonchev–Trinajstić information content (AvgIpc) is 3.02. The molecule has 1 amide bonds. The van der Waals surface area contributed by atoms with Crippen LogP contribution in [0, 0.1) is 0 Å². The first-order valence-corrected chi connectivity index (χ1v) is 8.87. The van der Waals surface area contributed by atoms with E-state index in [2.05, 4.69) is 10.3 Å². The van der Waals surface area contributed by atoms with Gasteiger partial charge in [0.15, 0.2) is 5.13 Å². The number of nitrogens with one attached hydrogen (secondary N) is 1. The van der Waals surface area contributed by atoms with Gasteiger partial charge in [-0.1, -0.05) is 0 Å². The second-order valence-corrected chi connectivity index (χ2v) is 6.99. The van der Waals surface area contributed by atoms with Crippen molar-refractivity contribution in [1.29, 1.82) is 0 Å². The maximum Gasteiger partial charge on any atom is 0.349 e. The number of rotatable bonds is 3. The van der Waals surface area contributed by atoms with Gasteiger partial charge in [-0.25, -0.2) is 9.78 Å². The average molecular weight is 356 g/mol. The normalized spacial score (nSPS) is 13.5. The lowest BCUT2D eigenvalue weighted by Crippen LogP contribution is -2.20. The standard InChI is InChI=1S/C18H16N2O4S/c1-23-11-7-6-10-8-12(17(22)24-14(10)9-11)16(21)20-18-19-13-4-2-3-5-15(13)25-18/h6-9H,2-5H2,1H3,(H,19,20,21). The van der Waals surface area contributed by atoms with Crippen molar-refractivity contribution in [2.75, 3.05) is 12.4 Å². The molecular weight excluding hydrogens is 340 g/mol. The van der Waals surface area contributed by atoms with E-state index < -0.39 is 11.5 Å². The number of hydrogen-bond acceptors (Lipinski definition) is 6. The molecule has 0 unspecified atom stereocenters. The van der Waals surface area contributed by atoms with Gasteiger partial charge in [-0.3, -0.25) is 10.1 Å². The lowest BCUT2D eigenvalue weighted by molar-refractivity contribution is 0.102. The Labute approximate surface area is 147 Å². The highest BCUT2D eigenvalue weighted by molar-refractivity contribution is 7.15. The highest BCUT2D eigenvalue weighted by Gasteiger charge is 2.19. The summed E-state index contributed by atoms with van der Waals surface area (Å²) in [5.41, 5.74) is 0.722. The van der Waals surface area contributed by atoms with Gasteiger partial charge in [-0.15, -0.1) is 11.3 Å². The van der Waals surface area contributed by atoms with Crippen molar-refractivity contribution in [1.82, 2.24) is 4.98 Å². The van der Waals surface area contributed by atoms with Crippen LogP contribution in [0.5, 0.6) is 5.75 Å². The summed E-state index contributed by atoms with van der Waals surface area (Å²) in [6.07, 6.45) is 4.23. The van der Waals surface area contributed by atoms with Crippen LogP contribution in [-0.4, -0.2) is 18.0 Å². The molecule has 7 heteroatoms. The topological polar surface area (TPSA) is 81.4 Å². The second kappa shape index (κ2) is 6.33. The summed E-state index contributed by atoms with van der Waals surface area (Å²) in [6, 6.07) is 6.64. The Morgan fingerprint density at radius 3 is 2.92 bits per heavy atom. The van der Waals surface area contributed by atoms with E-state index in [1.807, 2.05) is 0 Å². The van der Waals surface area contributed by atoms with E-state index in [0.717, 1.165) is 31.4 Å². The van der Waals surface area contributed by atoms with Crippen LogP contribution in [0.25, 0.3) is 11.0 Å². The van der Waals surface area contributed by atoms with E-state index in [4.69, 9.17) is 9.15 Å². The van der Waals surface area contributed by atoms with Gasteiger partial charge in [-0.05, 0) is 43.9 Å².